The highest BCUT2D eigenvalue weighted by Crippen LogP contribution is 2.21. The Labute approximate surface area is 116 Å². The van der Waals surface area contributed by atoms with Crippen LogP contribution in [0.4, 0.5) is 0 Å². The van der Waals surface area contributed by atoms with Crippen LogP contribution in [0.15, 0.2) is 18.2 Å². The van der Waals surface area contributed by atoms with E-state index in [1.807, 2.05) is 13.8 Å². The lowest BCUT2D eigenvalue weighted by atomic mass is 10.1. The van der Waals surface area contributed by atoms with Gasteiger partial charge in [-0.25, -0.2) is 0 Å². The standard InChI is InChI=1S/C12H14Cl3NO/c1-7(2)11(6-13)16-12(17)9-4-3-8(14)5-10(9)15/h3-5,7,11H,6H2,1-2H3,(H,16,17). The Hall–Kier alpha value is -0.440. The van der Waals surface area contributed by atoms with Gasteiger partial charge >= 0.3 is 0 Å². The van der Waals surface area contributed by atoms with Gasteiger partial charge in [0.05, 0.1) is 10.6 Å². The van der Waals surface area contributed by atoms with E-state index in [1.165, 1.54) is 0 Å². The van der Waals surface area contributed by atoms with E-state index in [4.69, 9.17) is 34.8 Å². The molecule has 0 aromatic heterocycles. The van der Waals surface area contributed by atoms with Crippen LogP contribution in [0, 0.1) is 5.92 Å². The number of halogens is 3. The third kappa shape index (κ3) is 4.06. The Morgan fingerprint density at radius 1 is 1.35 bits per heavy atom. The van der Waals surface area contributed by atoms with E-state index >= 15 is 0 Å². The highest BCUT2D eigenvalue weighted by atomic mass is 35.5. The van der Waals surface area contributed by atoms with Gasteiger partial charge in [-0.3, -0.25) is 4.79 Å². The zero-order valence-electron chi connectivity index (χ0n) is 9.64. The number of hydrogen-bond acceptors (Lipinski definition) is 1. The summed E-state index contributed by atoms with van der Waals surface area (Å²) in [6, 6.07) is 4.71. The van der Waals surface area contributed by atoms with Crippen LogP contribution in [-0.4, -0.2) is 17.8 Å². The summed E-state index contributed by atoms with van der Waals surface area (Å²) >= 11 is 17.5. The van der Waals surface area contributed by atoms with Crippen molar-refractivity contribution in [2.75, 3.05) is 5.88 Å². The van der Waals surface area contributed by atoms with Gasteiger partial charge < -0.3 is 5.32 Å². The average molecular weight is 295 g/mol. The molecule has 1 unspecified atom stereocenters. The Balaban J connectivity index is 2.82. The van der Waals surface area contributed by atoms with Crippen LogP contribution in [0.3, 0.4) is 0 Å². The number of benzene rings is 1. The van der Waals surface area contributed by atoms with Crippen LogP contribution in [-0.2, 0) is 0 Å². The molecule has 0 radical (unpaired) electrons. The van der Waals surface area contributed by atoms with Crippen molar-refractivity contribution in [2.45, 2.75) is 19.9 Å². The maximum Gasteiger partial charge on any atom is 0.253 e. The highest BCUT2D eigenvalue weighted by Gasteiger charge is 2.17. The van der Waals surface area contributed by atoms with E-state index in [2.05, 4.69) is 5.32 Å². The second-order valence-corrected chi connectivity index (χ2v) is 5.25. The van der Waals surface area contributed by atoms with Crippen LogP contribution in [0.5, 0.6) is 0 Å². The van der Waals surface area contributed by atoms with E-state index in [0.29, 0.717) is 21.5 Å². The third-order valence-corrected chi connectivity index (χ3v) is 3.34. The summed E-state index contributed by atoms with van der Waals surface area (Å²) in [5.74, 6) is 0.405. The molecular weight excluding hydrogens is 280 g/mol. The molecule has 0 fully saturated rings. The van der Waals surface area contributed by atoms with Gasteiger partial charge in [0.1, 0.15) is 0 Å². The van der Waals surface area contributed by atoms with Gasteiger partial charge in [0.2, 0.25) is 0 Å². The molecule has 2 nitrogen and oxygen atoms in total. The lowest BCUT2D eigenvalue weighted by molar-refractivity contribution is 0.0931. The summed E-state index contributed by atoms with van der Waals surface area (Å²) in [5, 5.41) is 3.69. The highest BCUT2D eigenvalue weighted by molar-refractivity contribution is 6.36. The minimum absolute atomic E-state index is 0.0732. The molecule has 1 amide bonds. The first kappa shape index (κ1) is 14.6. The van der Waals surface area contributed by atoms with Crippen LogP contribution >= 0.6 is 34.8 Å². The maximum absolute atomic E-state index is 12.0. The Morgan fingerprint density at radius 2 is 2.00 bits per heavy atom. The molecular formula is C12H14Cl3NO. The SMILES string of the molecule is CC(C)C(CCl)NC(=O)c1ccc(Cl)cc1Cl. The fraction of sp³-hybridized carbons (Fsp3) is 0.417. The Bertz CT molecular complexity index is 407. The van der Waals surface area contributed by atoms with Crippen LogP contribution in [0.1, 0.15) is 24.2 Å². The van der Waals surface area contributed by atoms with Gasteiger partial charge in [0, 0.05) is 16.9 Å². The van der Waals surface area contributed by atoms with Crippen LogP contribution in [0.25, 0.3) is 0 Å². The van der Waals surface area contributed by atoms with E-state index in [1.54, 1.807) is 18.2 Å². The Morgan fingerprint density at radius 3 is 2.47 bits per heavy atom. The third-order valence-electron chi connectivity index (χ3n) is 2.46. The van der Waals surface area contributed by atoms with Gasteiger partial charge in [-0.05, 0) is 24.1 Å². The lowest BCUT2D eigenvalue weighted by Gasteiger charge is -2.20. The van der Waals surface area contributed by atoms with E-state index in [0.717, 1.165) is 0 Å². The molecule has 0 saturated heterocycles. The lowest BCUT2D eigenvalue weighted by Crippen LogP contribution is -2.39. The first-order valence-electron chi connectivity index (χ1n) is 5.27. The molecule has 0 aliphatic rings. The molecule has 1 N–H and O–H groups in total. The van der Waals surface area contributed by atoms with Gasteiger partial charge in [-0.1, -0.05) is 37.0 Å². The maximum atomic E-state index is 12.0. The van der Waals surface area contributed by atoms with Crippen molar-refractivity contribution in [3.8, 4) is 0 Å². The van der Waals surface area contributed by atoms with Crippen LogP contribution < -0.4 is 5.32 Å². The van der Waals surface area contributed by atoms with E-state index in [9.17, 15) is 4.79 Å². The van der Waals surface area contributed by atoms with Gasteiger partial charge in [0.15, 0.2) is 0 Å². The smallest absolute Gasteiger partial charge is 0.253 e. The molecule has 17 heavy (non-hydrogen) atoms. The predicted molar refractivity (Wildman–Crippen MR) is 73.3 cm³/mol. The van der Waals surface area contributed by atoms with Crippen LogP contribution in [0.2, 0.25) is 10.0 Å². The fourth-order valence-electron chi connectivity index (χ4n) is 1.30. The van der Waals surface area contributed by atoms with E-state index < -0.39 is 0 Å². The first-order valence-corrected chi connectivity index (χ1v) is 6.56. The van der Waals surface area contributed by atoms with Crippen molar-refractivity contribution in [1.82, 2.24) is 5.32 Å². The number of nitrogens with one attached hydrogen (secondary N) is 1. The van der Waals surface area contributed by atoms with Crippen molar-refractivity contribution in [3.63, 3.8) is 0 Å². The minimum atomic E-state index is -0.231. The molecule has 1 aromatic rings. The summed E-state index contributed by atoms with van der Waals surface area (Å²) in [4.78, 5) is 12.0. The topological polar surface area (TPSA) is 29.1 Å². The molecule has 5 heteroatoms. The second kappa shape index (κ2) is 6.48. The summed E-state index contributed by atoms with van der Waals surface area (Å²) in [7, 11) is 0. The predicted octanol–water partition coefficient (Wildman–Crippen LogP) is 3.99. The molecule has 1 rings (SSSR count). The average Bonchev–Trinajstić information content (AvgIpc) is 2.24. The number of alkyl halides is 1. The fourth-order valence-corrected chi connectivity index (χ4v) is 2.23. The van der Waals surface area contributed by atoms with Gasteiger partial charge in [-0.15, -0.1) is 11.6 Å². The number of carbonyl (C=O) groups excluding carboxylic acids is 1. The van der Waals surface area contributed by atoms with Crippen molar-refractivity contribution in [3.05, 3.63) is 33.8 Å². The zero-order chi connectivity index (χ0) is 13.0. The molecule has 1 aromatic carbocycles. The molecule has 0 saturated carbocycles. The second-order valence-electron chi connectivity index (χ2n) is 4.10. The summed E-state index contributed by atoms with van der Waals surface area (Å²) in [6.45, 7) is 3.99. The number of amides is 1. The van der Waals surface area contributed by atoms with Gasteiger partial charge in [-0.2, -0.15) is 0 Å². The van der Waals surface area contributed by atoms with E-state index in [-0.39, 0.29) is 17.9 Å². The molecule has 1 atom stereocenters. The largest absolute Gasteiger partial charge is 0.348 e. The van der Waals surface area contributed by atoms with Crippen molar-refractivity contribution >= 4 is 40.7 Å². The normalized spacial score (nSPS) is 12.6. The molecule has 0 aliphatic carbocycles. The van der Waals surface area contributed by atoms with Crippen molar-refractivity contribution in [2.24, 2.45) is 5.92 Å². The van der Waals surface area contributed by atoms with Gasteiger partial charge in [0.25, 0.3) is 5.91 Å². The number of rotatable bonds is 4. The Kier molecular flexibility index (Phi) is 5.57. The first-order chi connectivity index (χ1) is 7.95. The van der Waals surface area contributed by atoms with Crippen molar-refractivity contribution < 1.29 is 4.79 Å². The summed E-state index contributed by atoms with van der Waals surface area (Å²) in [5.41, 5.74) is 0.409. The molecule has 0 bridgehead atoms. The summed E-state index contributed by atoms with van der Waals surface area (Å²) in [6.07, 6.45) is 0. The number of carbonyl (C=O) groups is 1. The molecule has 0 heterocycles. The minimum Gasteiger partial charge on any atom is -0.348 e. The molecule has 94 valence electrons. The van der Waals surface area contributed by atoms with Crippen molar-refractivity contribution in [1.29, 1.82) is 0 Å². The number of hydrogen-bond donors (Lipinski definition) is 1. The molecule has 0 aliphatic heterocycles. The molecule has 0 spiro atoms. The monoisotopic (exact) mass is 293 g/mol. The quantitative estimate of drug-likeness (QED) is 0.836. The summed E-state index contributed by atoms with van der Waals surface area (Å²) < 4.78 is 0. The zero-order valence-corrected chi connectivity index (χ0v) is 11.9.